The van der Waals surface area contributed by atoms with Crippen molar-refractivity contribution in [3.63, 3.8) is 0 Å². The lowest BCUT2D eigenvalue weighted by Gasteiger charge is -2.25. The predicted molar refractivity (Wildman–Crippen MR) is 55.4 cm³/mol. The second-order valence-electron chi connectivity index (χ2n) is 3.13. The number of likely N-dealkylation sites (N-methyl/N-ethyl adjacent to an activating group) is 1. The average molecular weight is 201 g/mol. The zero-order chi connectivity index (χ0) is 11.0. The molecule has 0 saturated carbocycles. The third-order valence-electron chi connectivity index (χ3n) is 2.04. The Kier molecular flexibility index (Phi) is 7.06. The van der Waals surface area contributed by atoms with Crippen molar-refractivity contribution in [1.82, 2.24) is 4.90 Å². The minimum atomic E-state index is -0.902. The smallest absolute Gasteiger partial charge is 0.328 e. The molecule has 4 heteroatoms. The summed E-state index contributed by atoms with van der Waals surface area (Å²) in [4.78, 5) is 12.4. The molecule has 0 saturated heterocycles. The van der Waals surface area contributed by atoms with Gasteiger partial charge >= 0.3 is 5.97 Å². The molecule has 0 aliphatic heterocycles. The quantitative estimate of drug-likeness (QED) is 0.624. The Balaban J connectivity index is 3.95. The predicted octanol–water partition coefficient (Wildman–Crippen LogP) is 0.984. The molecule has 0 aromatic rings. The largest absolute Gasteiger partial charge is 0.478 e. The monoisotopic (exact) mass is 201 g/mol. The van der Waals surface area contributed by atoms with Crippen molar-refractivity contribution in [2.24, 2.45) is 0 Å². The van der Waals surface area contributed by atoms with E-state index in [2.05, 4.69) is 11.8 Å². The van der Waals surface area contributed by atoms with E-state index in [0.717, 1.165) is 6.54 Å². The van der Waals surface area contributed by atoms with Gasteiger partial charge in [0.05, 0.1) is 6.61 Å². The van der Waals surface area contributed by atoms with Gasteiger partial charge in [0.25, 0.3) is 0 Å². The fraction of sp³-hybridized carbons (Fsp3) is 0.700. The fourth-order valence-electron chi connectivity index (χ4n) is 1.26. The van der Waals surface area contributed by atoms with E-state index in [4.69, 9.17) is 9.84 Å². The van der Waals surface area contributed by atoms with Crippen molar-refractivity contribution in [1.29, 1.82) is 0 Å². The second kappa shape index (κ2) is 7.53. The Morgan fingerprint density at radius 3 is 2.71 bits per heavy atom. The lowest BCUT2D eigenvalue weighted by atomic mass is 10.3. The minimum Gasteiger partial charge on any atom is -0.478 e. The standard InChI is InChI=1S/C10H19NO3/c1-4-11(9(2)8-14-3)7-5-6-10(12)13/h5-6,9H,4,7-8H2,1-3H3,(H,12,13). The first-order chi connectivity index (χ1) is 6.61. The molecule has 0 aliphatic carbocycles. The number of methoxy groups -OCH3 is 1. The molecule has 0 aliphatic rings. The molecule has 1 N–H and O–H groups in total. The van der Waals surface area contributed by atoms with Gasteiger partial charge in [-0.1, -0.05) is 13.0 Å². The van der Waals surface area contributed by atoms with Crippen LogP contribution in [0.1, 0.15) is 13.8 Å². The summed E-state index contributed by atoms with van der Waals surface area (Å²) in [5.41, 5.74) is 0. The summed E-state index contributed by atoms with van der Waals surface area (Å²) >= 11 is 0. The zero-order valence-electron chi connectivity index (χ0n) is 9.06. The SMILES string of the molecule is CCN(CC=CC(=O)O)C(C)COC. The van der Waals surface area contributed by atoms with Gasteiger partial charge in [0.15, 0.2) is 0 Å². The number of hydrogen-bond acceptors (Lipinski definition) is 3. The summed E-state index contributed by atoms with van der Waals surface area (Å²) in [5.74, 6) is -0.902. The van der Waals surface area contributed by atoms with E-state index in [1.807, 2.05) is 6.92 Å². The maximum Gasteiger partial charge on any atom is 0.328 e. The molecule has 0 aromatic heterocycles. The van der Waals surface area contributed by atoms with Gasteiger partial charge in [0.2, 0.25) is 0 Å². The van der Waals surface area contributed by atoms with E-state index < -0.39 is 5.97 Å². The first-order valence-corrected chi connectivity index (χ1v) is 4.74. The number of carbonyl (C=O) groups is 1. The molecular weight excluding hydrogens is 182 g/mol. The van der Waals surface area contributed by atoms with E-state index in [1.54, 1.807) is 13.2 Å². The van der Waals surface area contributed by atoms with Crippen molar-refractivity contribution >= 4 is 5.97 Å². The van der Waals surface area contributed by atoms with Crippen molar-refractivity contribution < 1.29 is 14.6 Å². The zero-order valence-corrected chi connectivity index (χ0v) is 9.06. The van der Waals surface area contributed by atoms with Crippen LogP contribution in [0.2, 0.25) is 0 Å². The van der Waals surface area contributed by atoms with Crippen LogP contribution in [0.15, 0.2) is 12.2 Å². The van der Waals surface area contributed by atoms with Crippen LogP contribution >= 0.6 is 0 Å². The molecule has 1 unspecified atom stereocenters. The van der Waals surface area contributed by atoms with Gasteiger partial charge in [-0.25, -0.2) is 4.79 Å². The van der Waals surface area contributed by atoms with Gasteiger partial charge in [-0.05, 0) is 13.5 Å². The molecule has 0 aromatic carbocycles. The van der Waals surface area contributed by atoms with Crippen LogP contribution in [0.5, 0.6) is 0 Å². The van der Waals surface area contributed by atoms with Gasteiger partial charge in [0, 0.05) is 25.8 Å². The number of ether oxygens (including phenoxy) is 1. The topological polar surface area (TPSA) is 49.8 Å². The average Bonchev–Trinajstić information content (AvgIpc) is 2.12. The summed E-state index contributed by atoms with van der Waals surface area (Å²) in [6, 6.07) is 0.309. The van der Waals surface area contributed by atoms with E-state index in [-0.39, 0.29) is 0 Å². The minimum absolute atomic E-state index is 0.309. The van der Waals surface area contributed by atoms with Gasteiger partial charge in [0.1, 0.15) is 0 Å². The normalized spacial score (nSPS) is 13.7. The lowest BCUT2D eigenvalue weighted by Crippen LogP contribution is -2.36. The third-order valence-corrected chi connectivity index (χ3v) is 2.04. The number of carboxylic acid groups (broad SMARTS) is 1. The summed E-state index contributed by atoms with van der Waals surface area (Å²) < 4.78 is 5.03. The Hall–Kier alpha value is -0.870. The Labute approximate surface area is 85.2 Å². The Morgan fingerprint density at radius 2 is 2.29 bits per heavy atom. The summed E-state index contributed by atoms with van der Waals surface area (Å²) in [6.45, 7) is 6.29. The van der Waals surface area contributed by atoms with Crippen molar-refractivity contribution in [2.45, 2.75) is 19.9 Å². The molecule has 0 amide bonds. The van der Waals surface area contributed by atoms with Crippen LogP contribution in [0, 0.1) is 0 Å². The Morgan fingerprint density at radius 1 is 1.64 bits per heavy atom. The van der Waals surface area contributed by atoms with Crippen LogP contribution < -0.4 is 0 Å². The molecule has 4 nitrogen and oxygen atoms in total. The number of nitrogens with zero attached hydrogens (tertiary/aromatic N) is 1. The highest BCUT2D eigenvalue weighted by molar-refractivity contribution is 5.79. The fourth-order valence-corrected chi connectivity index (χ4v) is 1.26. The van der Waals surface area contributed by atoms with Crippen LogP contribution in [0.25, 0.3) is 0 Å². The second-order valence-corrected chi connectivity index (χ2v) is 3.13. The lowest BCUT2D eigenvalue weighted by molar-refractivity contribution is -0.131. The third kappa shape index (κ3) is 5.72. The van der Waals surface area contributed by atoms with Gasteiger partial charge in [-0.3, -0.25) is 4.90 Å². The number of hydrogen-bond donors (Lipinski definition) is 1. The number of aliphatic carboxylic acids is 1. The van der Waals surface area contributed by atoms with Crippen LogP contribution in [0.4, 0.5) is 0 Å². The molecule has 0 bridgehead atoms. The molecule has 82 valence electrons. The highest BCUT2D eigenvalue weighted by atomic mass is 16.5. The number of rotatable bonds is 7. The van der Waals surface area contributed by atoms with Crippen molar-refractivity contribution in [3.05, 3.63) is 12.2 Å². The maximum absolute atomic E-state index is 10.2. The molecule has 0 heterocycles. The van der Waals surface area contributed by atoms with Crippen molar-refractivity contribution in [3.8, 4) is 0 Å². The van der Waals surface area contributed by atoms with E-state index in [0.29, 0.717) is 19.2 Å². The van der Waals surface area contributed by atoms with Gasteiger partial charge < -0.3 is 9.84 Å². The van der Waals surface area contributed by atoms with Gasteiger partial charge in [-0.15, -0.1) is 0 Å². The van der Waals surface area contributed by atoms with Crippen LogP contribution in [-0.4, -0.2) is 48.8 Å². The van der Waals surface area contributed by atoms with E-state index >= 15 is 0 Å². The van der Waals surface area contributed by atoms with E-state index in [1.165, 1.54) is 6.08 Å². The number of carboxylic acids is 1. The van der Waals surface area contributed by atoms with E-state index in [9.17, 15) is 4.79 Å². The summed E-state index contributed by atoms with van der Waals surface area (Å²) in [6.07, 6.45) is 2.82. The molecule has 0 radical (unpaired) electrons. The Bertz CT molecular complexity index is 192. The molecule has 0 rings (SSSR count). The summed E-state index contributed by atoms with van der Waals surface area (Å²) in [5, 5.41) is 8.41. The molecular formula is C10H19NO3. The molecule has 0 spiro atoms. The van der Waals surface area contributed by atoms with Crippen LogP contribution in [-0.2, 0) is 9.53 Å². The first-order valence-electron chi connectivity index (χ1n) is 4.74. The van der Waals surface area contributed by atoms with Gasteiger partial charge in [-0.2, -0.15) is 0 Å². The van der Waals surface area contributed by atoms with Crippen molar-refractivity contribution in [2.75, 3.05) is 26.8 Å². The molecule has 1 atom stereocenters. The molecule has 0 fully saturated rings. The summed E-state index contributed by atoms with van der Waals surface area (Å²) in [7, 11) is 1.66. The molecule has 14 heavy (non-hydrogen) atoms. The highest BCUT2D eigenvalue weighted by Crippen LogP contribution is 1.99. The van der Waals surface area contributed by atoms with Crippen LogP contribution in [0.3, 0.4) is 0 Å². The highest BCUT2D eigenvalue weighted by Gasteiger charge is 2.09. The first kappa shape index (κ1) is 13.1. The maximum atomic E-state index is 10.2.